The van der Waals surface area contributed by atoms with Crippen molar-refractivity contribution in [3.05, 3.63) is 0 Å². The summed E-state index contributed by atoms with van der Waals surface area (Å²) in [5.74, 6) is 2.51. The molecule has 0 amide bonds. The summed E-state index contributed by atoms with van der Waals surface area (Å²) in [5.41, 5.74) is 5.56. The van der Waals surface area contributed by atoms with Crippen molar-refractivity contribution in [2.75, 3.05) is 18.1 Å². The molecule has 4 nitrogen and oxygen atoms in total. The van der Waals surface area contributed by atoms with Crippen LogP contribution in [-0.2, 0) is 14.3 Å². The van der Waals surface area contributed by atoms with Crippen LogP contribution < -0.4 is 5.73 Å². The Kier molecular flexibility index (Phi) is 50.8. The van der Waals surface area contributed by atoms with E-state index in [4.69, 9.17) is 5.73 Å². The van der Waals surface area contributed by atoms with Gasteiger partial charge in [-0.25, -0.2) is 0 Å². The highest BCUT2D eigenvalue weighted by molar-refractivity contribution is 7.99. The van der Waals surface area contributed by atoms with Crippen molar-refractivity contribution in [3.8, 4) is 0 Å². The van der Waals surface area contributed by atoms with E-state index < -0.39 is 0 Å². The summed E-state index contributed by atoms with van der Waals surface area (Å²) in [7, 11) is 0. The zero-order valence-electron chi connectivity index (χ0n) is 28.4. The number of aldehydes is 1. The van der Waals surface area contributed by atoms with Crippen LogP contribution in [0.25, 0.3) is 0 Å². The molecule has 0 radical (unpaired) electrons. The number of unbranched alkanes of at least 4 members (excludes halogenated alkanes) is 22. The first-order valence-corrected chi connectivity index (χ1v) is 19.1. The number of nitrogens with two attached hydrogens (primary N) is 1. The van der Waals surface area contributed by atoms with Crippen molar-refractivity contribution in [2.24, 2.45) is 5.73 Å². The van der Waals surface area contributed by atoms with Gasteiger partial charge in [-0.1, -0.05) is 156 Å². The van der Waals surface area contributed by atoms with E-state index in [1.807, 2.05) is 11.8 Å². The average molecular weight is 602 g/mol. The van der Waals surface area contributed by atoms with E-state index in [1.165, 1.54) is 153 Å². The molecule has 0 saturated heterocycles. The van der Waals surface area contributed by atoms with Crippen LogP contribution in [-0.4, -0.2) is 36.9 Å². The van der Waals surface area contributed by atoms with E-state index in [0.717, 1.165) is 32.0 Å². The third-order valence-corrected chi connectivity index (χ3v) is 8.40. The van der Waals surface area contributed by atoms with Crippen molar-refractivity contribution in [2.45, 2.75) is 201 Å². The van der Waals surface area contributed by atoms with Gasteiger partial charge in [-0.2, -0.15) is 11.8 Å². The lowest BCUT2D eigenvalue weighted by Gasteiger charge is -2.02. The Hall–Kier alpha value is -0.550. The quantitative estimate of drug-likeness (QED) is 0.0632. The van der Waals surface area contributed by atoms with Crippen molar-refractivity contribution in [1.29, 1.82) is 0 Å². The molecular weight excluding hydrogens is 526 g/mol. The molecular formula is C36H75NO3S. The van der Waals surface area contributed by atoms with Crippen LogP contribution >= 0.6 is 11.8 Å². The van der Waals surface area contributed by atoms with Crippen molar-refractivity contribution in [1.82, 2.24) is 0 Å². The van der Waals surface area contributed by atoms with E-state index in [0.29, 0.717) is 19.1 Å². The largest absolute Gasteiger partial charge is 0.468 e. The van der Waals surface area contributed by atoms with Crippen LogP contribution in [0.5, 0.6) is 0 Å². The van der Waals surface area contributed by atoms with Gasteiger partial charge in [0.2, 0.25) is 0 Å². The zero-order chi connectivity index (χ0) is 30.9. The molecule has 0 aromatic heterocycles. The van der Waals surface area contributed by atoms with Crippen molar-refractivity contribution < 1.29 is 14.3 Å². The normalized spacial score (nSPS) is 11.1. The molecule has 0 heterocycles. The van der Waals surface area contributed by atoms with Gasteiger partial charge in [0.1, 0.15) is 6.29 Å². The highest BCUT2D eigenvalue weighted by Gasteiger charge is 1.94. The molecule has 248 valence electrons. The number of ether oxygens (including phenoxy) is 1. The Morgan fingerprint density at radius 1 is 0.561 bits per heavy atom. The first kappa shape index (κ1) is 44.9. The zero-order valence-corrected chi connectivity index (χ0v) is 29.3. The molecule has 5 heteroatoms. The number of carbonyl (C=O) groups is 2. The summed E-state index contributed by atoms with van der Waals surface area (Å²) in [6.45, 7) is 9.93. The van der Waals surface area contributed by atoms with Crippen LogP contribution in [0.1, 0.15) is 195 Å². The monoisotopic (exact) mass is 602 g/mol. The summed E-state index contributed by atoms with van der Waals surface area (Å²) in [6, 6.07) is 0.384. The molecule has 0 aliphatic rings. The standard InChI is InChI=1S/C15H30O.C14H28O2.C7H17NS/c1-2-3-4-5-6-7-8-9-10-11-12-13-14-15-16;1-2-3-4-5-6-7-8-9-10-11-12-13-16-14-15;1-3-5-9-6-4-7(2)8/h15H,2-14H2,1H3;14H,2-13H2,1H3;7H,3-6,8H2,1-2H3. The lowest BCUT2D eigenvalue weighted by Crippen LogP contribution is -2.15. The Morgan fingerprint density at radius 3 is 1.29 bits per heavy atom. The van der Waals surface area contributed by atoms with Crippen molar-refractivity contribution in [3.63, 3.8) is 0 Å². The molecule has 0 saturated carbocycles. The number of carbonyl (C=O) groups excluding carboxylic acids is 2. The lowest BCUT2D eigenvalue weighted by atomic mass is 10.0. The third kappa shape index (κ3) is 55.9. The third-order valence-electron chi connectivity index (χ3n) is 7.18. The highest BCUT2D eigenvalue weighted by atomic mass is 32.2. The number of rotatable bonds is 31. The lowest BCUT2D eigenvalue weighted by molar-refractivity contribution is -0.128. The molecule has 1 unspecified atom stereocenters. The molecule has 1 atom stereocenters. The molecule has 0 spiro atoms. The van der Waals surface area contributed by atoms with Gasteiger partial charge in [-0.05, 0) is 44.1 Å². The van der Waals surface area contributed by atoms with Gasteiger partial charge in [-0.15, -0.1) is 0 Å². The molecule has 0 rings (SSSR count). The Balaban J connectivity index is -0.000000551. The topological polar surface area (TPSA) is 69.4 Å². The van der Waals surface area contributed by atoms with E-state index in [2.05, 4.69) is 32.4 Å². The number of hydrogen-bond donors (Lipinski definition) is 1. The fraction of sp³-hybridized carbons (Fsp3) is 0.944. The second-order valence-electron chi connectivity index (χ2n) is 11.7. The maximum atomic E-state index is 10.1. The van der Waals surface area contributed by atoms with E-state index in [1.54, 1.807) is 0 Å². The van der Waals surface area contributed by atoms with Gasteiger partial charge in [0.05, 0.1) is 6.61 Å². The van der Waals surface area contributed by atoms with Crippen LogP contribution in [0, 0.1) is 0 Å². The van der Waals surface area contributed by atoms with Crippen molar-refractivity contribution >= 4 is 24.5 Å². The summed E-state index contributed by atoms with van der Waals surface area (Å²) in [4.78, 5) is 20.0. The molecule has 2 N–H and O–H groups in total. The van der Waals surface area contributed by atoms with Gasteiger partial charge in [-0.3, -0.25) is 4.79 Å². The van der Waals surface area contributed by atoms with Crippen LogP contribution in [0.15, 0.2) is 0 Å². The second kappa shape index (κ2) is 46.4. The Labute approximate surface area is 262 Å². The minimum Gasteiger partial charge on any atom is -0.468 e. The maximum Gasteiger partial charge on any atom is 0.293 e. The molecule has 0 aromatic carbocycles. The van der Waals surface area contributed by atoms with Crippen LogP contribution in [0.3, 0.4) is 0 Å². The fourth-order valence-corrected chi connectivity index (χ4v) is 5.51. The minimum absolute atomic E-state index is 0.384. The summed E-state index contributed by atoms with van der Waals surface area (Å²) >= 11 is 2.00. The van der Waals surface area contributed by atoms with Gasteiger partial charge in [0.15, 0.2) is 0 Å². The first-order chi connectivity index (χ1) is 20.1. The Bertz CT molecular complexity index is 417. The maximum absolute atomic E-state index is 10.1. The minimum atomic E-state index is 0.384. The van der Waals surface area contributed by atoms with E-state index in [-0.39, 0.29) is 0 Å². The van der Waals surface area contributed by atoms with E-state index in [9.17, 15) is 9.59 Å². The Morgan fingerprint density at radius 2 is 0.951 bits per heavy atom. The first-order valence-electron chi connectivity index (χ1n) is 17.9. The van der Waals surface area contributed by atoms with Gasteiger partial charge in [0, 0.05) is 12.5 Å². The summed E-state index contributed by atoms with van der Waals surface area (Å²) in [5, 5.41) is 0. The number of thioether (sulfide) groups is 1. The second-order valence-corrected chi connectivity index (χ2v) is 13.0. The summed E-state index contributed by atoms with van der Waals surface area (Å²) < 4.78 is 4.64. The molecule has 0 fully saturated rings. The predicted octanol–water partition coefficient (Wildman–Crippen LogP) is 11.6. The number of hydrogen-bond acceptors (Lipinski definition) is 5. The molecule has 0 aliphatic heterocycles. The van der Waals surface area contributed by atoms with Crippen LogP contribution in [0.2, 0.25) is 0 Å². The van der Waals surface area contributed by atoms with Gasteiger partial charge in [0.25, 0.3) is 6.47 Å². The average Bonchev–Trinajstić information content (AvgIpc) is 2.97. The van der Waals surface area contributed by atoms with E-state index >= 15 is 0 Å². The highest BCUT2D eigenvalue weighted by Crippen LogP contribution is 2.13. The molecule has 0 bridgehead atoms. The smallest absolute Gasteiger partial charge is 0.293 e. The molecule has 0 aliphatic carbocycles. The SMILES string of the molecule is CCCCCCCCCCCCCCC=O.CCCCCCCCCCCCCOC=O.CCCSCCC(C)N. The summed E-state index contributed by atoms with van der Waals surface area (Å²) in [6.07, 6.45) is 35.2. The predicted molar refractivity (Wildman–Crippen MR) is 186 cm³/mol. The van der Waals surface area contributed by atoms with Crippen LogP contribution in [0.4, 0.5) is 0 Å². The molecule has 41 heavy (non-hydrogen) atoms. The van der Waals surface area contributed by atoms with Gasteiger partial charge >= 0.3 is 0 Å². The fourth-order valence-electron chi connectivity index (χ4n) is 4.48. The van der Waals surface area contributed by atoms with Gasteiger partial charge < -0.3 is 15.3 Å². The molecule has 0 aromatic rings.